The van der Waals surface area contributed by atoms with Gasteiger partial charge in [-0.05, 0) is 58.0 Å². The molecule has 1 heterocycles. The first-order valence-corrected chi connectivity index (χ1v) is 10.0. The zero-order chi connectivity index (χ0) is 18.8. The first-order valence-electron chi connectivity index (χ1n) is 9.25. The lowest BCUT2D eigenvalue weighted by atomic mass is 10.1. The number of hydrogen-bond donors (Lipinski definition) is 0. The van der Waals surface area contributed by atoms with Gasteiger partial charge in [0.25, 0.3) is 0 Å². The zero-order valence-electron chi connectivity index (χ0n) is 15.8. The summed E-state index contributed by atoms with van der Waals surface area (Å²) in [5.74, 6) is 0. The van der Waals surface area contributed by atoms with E-state index in [0.717, 1.165) is 69.4 Å². The summed E-state index contributed by atoms with van der Waals surface area (Å²) < 4.78 is 0. The Morgan fingerprint density at radius 2 is 1.04 bits per heavy atom. The molecule has 3 aromatic rings. The molecule has 0 N–H and O–H groups in total. The highest BCUT2D eigenvalue weighted by molar-refractivity contribution is 6.35. The molecule has 0 aliphatic rings. The van der Waals surface area contributed by atoms with Crippen molar-refractivity contribution in [3.63, 3.8) is 0 Å². The molecule has 3 nitrogen and oxygen atoms in total. The number of aromatic nitrogens is 1. The van der Waals surface area contributed by atoms with Crippen molar-refractivity contribution in [1.82, 2.24) is 4.98 Å². The number of halogens is 2. The van der Waals surface area contributed by atoms with Crippen LogP contribution in [-0.2, 0) is 0 Å². The Labute approximate surface area is 165 Å². The molecule has 5 heteroatoms. The van der Waals surface area contributed by atoms with E-state index in [0.29, 0.717) is 0 Å². The molecule has 0 aliphatic heterocycles. The van der Waals surface area contributed by atoms with Crippen molar-refractivity contribution in [2.45, 2.75) is 27.7 Å². The predicted molar refractivity (Wildman–Crippen MR) is 116 cm³/mol. The van der Waals surface area contributed by atoms with Crippen molar-refractivity contribution in [2.24, 2.45) is 0 Å². The van der Waals surface area contributed by atoms with Gasteiger partial charge in [0, 0.05) is 37.0 Å². The summed E-state index contributed by atoms with van der Waals surface area (Å²) >= 11 is 13.1. The molecule has 0 radical (unpaired) electrons. The number of anilines is 2. The summed E-state index contributed by atoms with van der Waals surface area (Å²) in [4.78, 5) is 9.41. The van der Waals surface area contributed by atoms with Crippen LogP contribution in [0.1, 0.15) is 27.7 Å². The van der Waals surface area contributed by atoms with Gasteiger partial charge in [0.2, 0.25) is 0 Å². The second kappa shape index (κ2) is 7.89. The first kappa shape index (κ1) is 19.1. The van der Waals surface area contributed by atoms with Gasteiger partial charge in [-0.1, -0.05) is 23.2 Å². The molecule has 1 aromatic heterocycles. The van der Waals surface area contributed by atoms with Crippen LogP contribution in [0.4, 0.5) is 11.4 Å². The number of nitrogens with zero attached hydrogens (tertiary/aromatic N) is 3. The van der Waals surface area contributed by atoms with E-state index in [4.69, 9.17) is 28.2 Å². The summed E-state index contributed by atoms with van der Waals surface area (Å²) in [7, 11) is 0. The molecule has 0 amide bonds. The topological polar surface area (TPSA) is 19.4 Å². The van der Waals surface area contributed by atoms with Crippen LogP contribution >= 0.6 is 23.2 Å². The fourth-order valence-corrected chi connectivity index (χ4v) is 4.05. The molecule has 3 rings (SSSR count). The standard InChI is InChI=1S/C21H25Cl2N3/c1-5-25(6-2)20-12-18-14(10-16(20)22)9-15-11-17(23)21(13-19(15)24-18)26(7-3)8-4/h9-13H,5-8H2,1-4H3. The van der Waals surface area contributed by atoms with Crippen LogP contribution in [0.15, 0.2) is 30.3 Å². The predicted octanol–water partition coefficient (Wildman–Crippen LogP) is 6.39. The molecule has 0 spiro atoms. The Balaban J connectivity index is 2.21. The molecule has 138 valence electrons. The van der Waals surface area contributed by atoms with E-state index in [1.54, 1.807) is 0 Å². The fourth-order valence-electron chi connectivity index (χ4n) is 3.47. The van der Waals surface area contributed by atoms with Crippen molar-refractivity contribution >= 4 is 56.4 Å². The summed E-state index contributed by atoms with van der Waals surface area (Å²) in [5.41, 5.74) is 3.98. The van der Waals surface area contributed by atoms with E-state index >= 15 is 0 Å². The molecule has 0 aliphatic carbocycles. The van der Waals surface area contributed by atoms with Crippen molar-refractivity contribution in [3.05, 3.63) is 40.4 Å². The van der Waals surface area contributed by atoms with Crippen LogP contribution in [0.3, 0.4) is 0 Å². The highest BCUT2D eigenvalue weighted by atomic mass is 35.5. The van der Waals surface area contributed by atoms with Gasteiger partial charge in [0.1, 0.15) is 0 Å². The van der Waals surface area contributed by atoms with Gasteiger partial charge in [-0.3, -0.25) is 0 Å². The van der Waals surface area contributed by atoms with Crippen LogP contribution in [0, 0.1) is 0 Å². The van der Waals surface area contributed by atoms with Crippen LogP contribution in [-0.4, -0.2) is 31.2 Å². The fraction of sp³-hybridized carbons (Fsp3) is 0.381. The van der Waals surface area contributed by atoms with Crippen LogP contribution < -0.4 is 9.80 Å². The van der Waals surface area contributed by atoms with Crippen molar-refractivity contribution in [3.8, 4) is 0 Å². The molecule has 0 fully saturated rings. The monoisotopic (exact) mass is 389 g/mol. The van der Waals surface area contributed by atoms with Crippen LogP contribution in [0.25, 0.3) is 21.8 Å². The Morgan fingerprint density at radius 3 is 1.38 bits per heavy atom. The Kier molecular flexibility index (Phi) is 5.79. The SMILES string of the molecule is CCN(CC)c1cc2nc3cc(N(CC)CC)c(Cl)cc3cc2cc1Cl. The molecule has 0 atom stereocenters. The van der Waals surface area contributed by atoms with E-state index in [2.05, 4.69) is 55.7 Å². The second-order valence-electron chi connectivity index (χ2n) is 6.33. The van der Waals surface area contributed by atoms with E-state index in [1.165, 1.54) is 0 Å². The molecule has 2 aromatic carbocycles. The van der Waals surface area contributed by atoms with Crippen molar-refractivity contribution in [1.29, 1.82) is 0 Å². The minimum atomic E-state index is 0.758. The maximum absolute atomic E-state index is 6.54. The zero-order valence-corrected chi connectivity index (χ0v) is 17.3. The minimum absolute atomic E-state index is 0.758. The summed E-state index contributed by atoms with van der Waals surface area (Å²) in [6.07, 6.45) is 0. The third-order valence-electron chi connectivity index (χ3n) is 4.95. The Hall–Kier alpha value is -1.71. The van der Waals surface area contributed by atoms with Crippen LogP contribution in [0.2, 0.25) is 10.0 Å². The molecule has 0 unspecified atom stereocenters. The van der Waals surface area contributed by atoms with E-state index in [1.807, 2.05) is 12.1 Å². The van der Waals surface area contributed by atoms with Gasteiger partial charge in [-0.25, -0.2) is 4.98 Å². The molecular formula is C21H25Cl2N3. The molecular weight excluding hydrogens is 365 g/mol. The van der Waals surface area contributed by atoms with Crippen molar-refractivity contribution in [2.75, 3.05) is 36.0 Å². The Bertz CT molecular complexity index is 859. The second-order valence-corrected chi connectivity index (χ2v) is 7.14. The molecule has 0 saturated carbocycles. The lowest BCUT2D eigenvalue weighted by Gasteiger charge is -2.23. The van der Waals surface area contributed by atoms with E-state index in [9.17, 15) is 0 Å². The molecule has 26 heavy (non-hydrogen) atoms. The maximum atomic E-state index is 6.54. The van der Waals surface area contributed by atoms with Gasteiger partial charge in [-0.2, -0.15) is 0 Å². The highest BCUT2D eigenvalue weighted by Gasteiger charge is 2.13. The Morgan fingerprint density at radius 1 is 0.654 bits per heavy atom. The average Bonchev–Trinajstić information content (AvgIpc) is 2.63. The van der Waals surface area contributed by atoms with Crippen molar-refractivity contribution < 1.29 is 0 Å². The first-order chi connectivity index (χ1) is 12.5. The number of rotatable bonds is 6. The molecule has 0 bridgehead atoms. The average molecular weight is 390 g/mol. The van der Waals surface area contributed by atoms with E-state index in [-0.39, 0.29) is 0 Å². The number of fused-ring (bicyclic) bond motifs is 2. The van der Waals surface area contributed by atoms with E-state index < -0.39 is 0 Å². The van der Waals surface area contributed by atoms with Crippen LogP contribution in [0.5, 0.6) is 0 Å². The normalized spacial score (nSPS) is 11.3. The largest absolute Gasteiger partial charge is 0.371 e. The smallest absolute Gasteiger partial charge is 0.0731 e. The third-order valence-corrected chi connectivity index (χ3v) is 5.56. The maximum Gasteiger partial charge on any atom is 0.0731 e. The third kappa shape index (κ3) is 3.43. The summed E-state index contributed by atoms with van der Waals surface area (Å²) in [5, 5.41) is 3.58. The lowest BCUT2D eigenvalue weighted by molar-refractivity contribution is 0.867. The van der Waals surface area contributed by atoms with Gasteiger partial charge in [0.05, 0.1) is 32.5 Å². The summed E-state index contributed by atoms with van der Waals surface area (Å²) in [6, 6.07) is 10.3. The minimum Gasteiger partial charge on any atom is -0.371 e. The number of pyridine rings is 1. The van der Waals surface area contributed by atoms with Gasteiger partial charge >= 0.3 is 0 Å². The number of benzene rings is 2. The van der Waals surface area contributed by atoms with Gasteiger partial charge < -0.3 is 9.80 Å². The quantitative estimate of drug-likeness (QED) is 0.455. The molecule has 0 saturated heterocycles. The highest BCUT2D eigenvalue weighted by Crippen LogP contribution is 2.35. The number of hydrogen-bond acceptors (Lipinski definition) is 3. The summed E-state index contributed by atoms with van der Waals surface area (Å²) in [6.45, 7) is 12.2. The lowest BCUT2D eigenvalue weighted by Crippen LogP contribution is -2.22. The van der Waals surface area contributed by atoms with Gasteiger partial charge in [-0.15, -0.1) is 0 Å². The van der Waals surface area contributed by atoms with Gasteiger partial charge in [0.15, 0.2) is 0 Å².